The summed E-state index contributed by atoms with van der Waals surface area (Å²) >= 11 is 1.72. The third-order valence-corrected chi connectivity index (χ3v) is 3.21. The summed E-state index contributed by atoms with van der Waals surface area (Å²) in [6, 6.07) is 0.579. The minimum atomic E-state index is 0.579. The molecule has 68 valence electrons. The highest BCUT2D eigenvalue weighted by Crippen LogP contribution is 2.21. The van der Waals surface area contributed by atoms with Gasteiger partial charge in [0, 0.05) is 18.5 Å². The van der Waals surface area contributed by atoms with Crippen LogP contribution >= 0.6 is 11.3 Å². The van der Waals surface area contributed by atoms with E-state index in [0.29, 0.717) is 6.04 Å². The van der Waals surface area contributed by atoms with E-state index in [2.05, 4.69) is 36.2 Å². The van der Waals surface area contributed by atoms with Crippen molar-refractivity contribution in [1.29, 1.82) is 0 Å². The molecule has 2 nitrogen and oxygen atoms in total. The van der Waals surface area contributed by atoms with Gasteiger partial charge in [0.2, 0.25) is 0 Å². The van der Waals surface area contributed by atoms with Crippen LogP contribution < -0.4 is 4.90 Å². The quantitative estimate of drug-likeness (QED) is 0.718. The molecule has 0 aliphatic heterocycles. The van der Waals surface area contributed by atoms with E-state index in [-0.39, 0.29) is 0 Å². The summed E-state index contributed by atoms with van der Waals surface area (Å²) in [5.74, 6) is 0. The van der Waals surface area contributed by atoms with Crippen LogP contribution in [0, 0.1) is 6.92 Å². The highest BCUT2D eigenvalue weighted by Gasteiger charge is 2.10. The lowest BCUT2D eigenvalue weighted by molar-refractivity contribution is 0.662. The lowest BCUT2D eigenvalue weighted by Crippen LogP contribution is -2.27. The fourth-order valence-corrected chi connectivity index (χ4v) is 1.84. The van der Waals surface area contributed by atoms with Gasteiger partial charge >= 0.3 is 0 Å². The molecule has 0 aliphatic carbocycles. The Morgan fingerprint density at radius 1 is 1.67 bits per heavy atom. The molecule has 0 aliphatic rings. The second-order valence-electron chi connectivity index (χ2n) is 3.14. The van der Waals surface area contributed by atoms with Gasteiger partial charge in [0.1, 0.15) is 0 Å². The molecule has 12 heavy (non-hydrogen) atoms. The molecule has 1 aromatic heterocycles. The highest BCUT2D eigenvalue weighted by molar-refractivity contribution is 7.13. The van der Waals surface area contributed by atoms with Gasteiger partial charge in [-0.15, -0.1) is 11.3 Å². The molecule has 0 saturated heterocycles. The van der Waals surface area contributed by atoms with Gasteiger partial charge in [-0.2, -0.15) is 0 Å². The van der Waals surface area contributed by atoms with E-state index >= 15 is 0 Å². The normalized spacial score (nSPS) is 13.0. The summed E-state index contributed by atoms with van der Waals surface area (Å²) in [7, 11) is 2.10. The van der Waals surface area contributed by atoms with Gasteiger partial charge in [-0.3, -0.25) is 0 Å². The van der Waals surface area contributed by atoms with Gasteiger partial charge in [-0.1, -0.05) is 6.92 Å². The number of anilines is 1. The third kappa shape index (κ3) is 1.97. The molecule has 0 saturated carbocycles. The number of rotatable bonds is 3. The van der Waals surface area contributed by atoms with Crippen molar-refractivity contribution in [2.75, 3.05) is 11.9 Å². The van der Waals surface area contributed by atoms with E-state index in [1.807, 2.05) is 6.92 Å². The van der Waals surface area contributed by atoms with Crippen LogP contribution in [0.2, 0.25) is 0 Å². The third-order valence-electron chi connectivity index (χ3n) is 2.16. The van der Waals surface area contributed by atoms with E-state index in [1.165, 1.54) is 0 Å². The molecule has 0 radical (unpaired) electrons. The number of thiazole rings is 1. The SMILES string of the molecule is CCC(C)N(C)c1nc(C)cs1. The molecule has 0 fully saturated rings. The minimum absolute atomic E-state index is 0.579. The fraction of sp³-hybridized carbons (Fsp3) is 0.667. The zero-order chi connectivity index (χ0) is 9.14. The van der Waals surface area contributed by atoms with Crippen molar-refractivity contribution in [3.05, 3.63) is 11.1 Å². The summed E-state index contributed by atoms with van der Waals surface area (Å²) in [4.78, 5) is 6.66. The van der Waals surface area contributed by atoms with Crippen molar-refractivity contribution in [2.24, 2.45) is 0 Å². The molecule has 0 N–H and O–H groups in total. The molecule has 1 unspecified atom stereocenters. The van der Waals surface area contributed by atoms with Crippen LogP contribution in [0.4, 0.5) is 5.13 Å². The Morgan fingerprint density at radius 3 is 2.75 bits per heavy atom. The van der Waals surface area contributed by atoms with Gasteiger partial charge in [-0.25, -0.2) is 4.98 Å². The predicted octanol–water partition coefficient (Wildman–Crippen LogP) is 2.69. The molecule has 0 spiro atoms. The molecule has 0 bridgehead atoms. The summed E-state index contributed by atoms with van der Waals surface area (Å²) in [5.41, 5.74) is 1.12. The number of hydrogen-bond acceptors (Lipinski definition) is 3. The van der Waals surface area contributed by atoms with Gasteiger partial charge < -0.3 is 4.90 Å². The maximum absolute atomic E-state index is 4.42. The molecule has 1 atom stereocenters. The van der Waals surface area contributed by atoms with Crippen LogP contribution in [0.3, 0.4) is 0 Å². The Kier molecular flexibility index (Phi) is 3.09. The summed E-state index contributed by atoms with van der Waals surface area (Å²) < 4.78 is 0. The van der Waals surface area contributed by atoms with Crippen LogP contribution in [-0.2, 0) is 0 Å². The maximum Gasteiger partial charge on any atom is 0.185 e. The highest BCUT2D eigenvalue weighted by atomic mass is 32.1. The molecule has 3 heteroatoms. The van der Waals surface area contributed by atoms with E-state index in [4.69, 9.17) is 0 Å². The average molecular weight is 184 g/mol. The lowest BCUT2D eigenvalue weighted by Gasteiger charge is -2.22. The first-order chi connectivity index (χ1) is 5.65. The van der Waals surface area contributed by atoms with Crippen molar-refractivity contribution >= 4 is 16.5 Å². The Labute approximate surface area is 78.2 Å². The van der Waals surface area contributed by atoms with Crippen molar-refractivity contribution in [3.8, 4) is 0 Å². The molecule has 1 heterocycles. The van der Waals surface area contributed by atoms with E-state index in [9.17, 15) is 0 Å². The summed E-state index contributed by atoms with van der Waals surface area (Å²) in [6.45, 7) is 6.45. The maximum atomic E-state index is 4.42. The standard InChI is InChI=1S/C9H16N2S/c1-5-8(3)11(4)9-10-7(2)6-12-9/h6,8H,5H2,1-4H3. The van der Waals surface area contributed by atoms with Crippen molar-refractivity contribution in [3.63, 3.8) is 0 Å². The summed E-state index contributed by atoms with van der Waals surface area (Å²) in [5, 5.41) is 3.22. The second kappa shape index (κ2) is 3.90. The molecule has 1 aromatic rings. The van der Waals surface area contributed by atoms with Crippen molar-refractivity contribution < 1.29 is 0 Å². The molecular weight excluding hydrogens is 168 g/mol. The minimum Gasteiger partial charge on any atom is -0.348 e. The lowest BCUT2D eigenvalue weighted by atomic mass is 10.2. The van der Waals surface area contributed by atoms with Crippen molar-refractivity contribution in [2.45, 2.75) is 33.2 Å². The van der Waals surface area contributed by atoms with E-state index < -0.39 is 0 Å². The zero-order valence-corrected chi connectivity index (χ0v) is 8.98. The predicted molar refractivity (Wildman–Crippen MR) is 55.0 cm³/mol. The van der Waals surface area contributed by atoms with Crippen LogP contribution in [0.1, 0.15) is 26.0 Å². The number of aryl methyl sites for hydroxylation is 1. The van der Waals surface area contributed by atoms with Gasteiger partial charge in [-0.05, 0) is 20.3 Å². The molecule has 0 aromatic carbocycles. The molecule has 0 amide bonds. The number of aromatic nitrogens is 1. The van der Waals surface area contributed by atoms with Crippen LogP contribution in [0.5, 0.6) is 0 Å². The zero-order valence-electron chi connectivity index (χ0n) is 8.16. The van der Waals surface area contributed by atoms with Crippen molar-refractivity contribution in [1.82, 2.24) is 4.98 Å². The van der Waals surface area contributed by atoms with E-state index in [0.717, 1.165) is 17.2 Å². The first-order valence-corrected chi connectivity index (χ1v) is 5.18. The topological polar surface area (TPSA) is 16.1 Å². The van der Waals surface area contributed by atoms with Gasteiger partial charge in [0.25, 0.3) is 0 Å². The Hall–Kier alpha value is -0.570. The van der Waals surface area contributed by atoms with E-state index in [1.54, 1.807) is 11.3 Å². The summed E-state index contributed by atoms with van der Waals surface area (Å²) in [6.07, 6.45) is 1.16. The largest absolute Gasteiger partial charge is 0.348 e. The Bertz CT molecular complexity index is 244. The first-order valence-electron chi connectivity index (χ1n) is 4.30. The average Bonchev–Trinajstić information content (AvgIpc) is 2.49. The second-order valence-corrected chi connectivity index (χ2v) is 3.98. The Morgan fingerprint density at radius 2 is 2.33 bits per heavy atom. The van der Waals surface area contributed by atoms with Crippen LogP contribution in [0.25, 0.3) is 0 Å². The van der Waals surface area contributed by atoms with Gasteiger partial charge in [0.05, 0.1) is 5.69 Å². The molecule has 1 rings (SSSR count). The van der Waals surface area contributed by atoms with Gasteiger partial charge in [0.15, 0.2) is 5.13 Å². The first kappa shape index (κ1) is 9.52. The van der Waals surface area contributed by atoms with Crippen LogP contribution in [-0.4, -0.2) is 18.1 Å². The molecular formula is C9H16N2S. The fourth-order valence-electron chi connectivity index (χ4n) is 0.966. The number of nitrogens with zero attached hydrogens (tertiary/aromatic N) is 2. The number of hydrogen-bond donors (Lipinski definition) is 0. The smallest absolute Gasteiger partial charge is 0.185 e. The monoisotopic (exact) mass is 184 g/mol. The Balaban J connectivity index is 2.70. The van der Waals surface area contributed by atoms with Crippen LogP contribution in [0.15, 0.2) is 5.38 Å².